The molecule has 0 atom stereocenters. The van der Waals surface area contributed by atoms with Crippen molar-refractivity contribution in [2.24, 2.45) is 0 Å². The summed E-state index contributed by atoms with van der Waals surface area (Å²) in [6, 6.07) is 73.6. The topological polar surface area (TPSA) is 34.0 Å². The van der Waals surface area contributed by atoms with Crippen LogP contribution >= 0.6 is 0 Å². The van der Waals surface area contributed by atoms with Gasteiger partial charge in [0.1, 0.15) is 6.33 Å². The van der Waals surface area contributed by atoms with Gasteiger partial charge in [-0.05, 0) is 99.1 Å². The Hall–Kier alpha value is -7.56. The van der Waals surface area contributed by atoms with Crippen LogP contribution in [0, 0.1) is 0 Å². The maximum Gasteiger partial charge on any atom is 0.116 e. The lowest BCUT2D eigenvalue weighted by Gasteiger charge is -2.26. The number of benzene rings is 8. The highest BCUT2D eigenvalue weighted by molar-refractivity contribution is 6.06. The fraction of sp³-hybridized carbons (Fsp3) is 0. The highest BCUT2D eigenvalue weighted by Crippen LogP contribution is 2.38. The Morgan fingerprint density at radius 1 is 0.357 bits per heavy atom. The summed E-state index contributed by atoms with van der Waals surface area (Å²) >= 11 is 0. The Bertz CT molecular complexity index is 2860. The molecule has 264 valence electrons. The van der Waals surface area contributed by atoms with Gasteiger partial charge in [0.25, 0.3) is 0 Å². The number of aromatic nitrogens is 3. The van der Waals surface area contributed by atoms with Crippen molar-refractivity contribution in [3.05, 3.63) is 219 Å². The number of fused-ring (bicyclic) bond motifs is 3. The van der Waals surface area contributed by atoms with E-state index in [2.05, 4.69) is 226 Å². The summed E-state index contributed by atoms with van der Waals surface area (Å²) in [5.74, 6) is 0. The Morgan fingerprint density at radius 2 is 0.786 bits per heavy atom. The molecule has 56 heavy (non-hydrogen) atoms. The van der Waals surface area contributed by atoms with Crippen molar-refractivity contribution < 1.29 is 0 Å². The van der Waals surface area contributed by atoms with E-state index in [0.717, 1.165) is 55.8 Å². The minimum Gasteiger partial charge on any atom is -0.311 e. The minimum absolute atomic E-state index is 0.955. The Morgan fingerprint density at radius 3 is 1.32 bits per heavy atom. The zero-order chi connectivity index (χ0) is 37.3. The van der Waals surface area contributed by atoms with Crippen LogP contribution in [0.2, 0.25) is 0 Å². The van der Waals surface area contributed by atoms with Crippen molar-refractivity contribution in [1.29, 1.82) is 0 Å². The molecule has 2 aromatic heterocycles. The molecular formula is C52H36N4. The van der Waals surface area contributed by atoms with Crippen LogP contribution in [0.15, 0.2) is 219 Å². The monoisotopic (exact) mass is 716 g/mol. The van der Waals surface area contributed by atoms with E-state index < -0.39 is 0 Å². The van der Waals surface area contributed by atoms with Crippen molar-refractivity contribution in [2.45, 2.75) is 0 Å². The van der Waals surface area contributed by atoms with E-state index in [1.165, 1.54) is 33.4 Å². The van der Waals surface area contributed by atoms with Gasteiger partial charge >= 0.3 is 0 Å². The van der Waals surface area contributed by atoms with Crippen LogP contribution in [0.5, 0.6) is 0 Å². The first kappa shape index (κ1) is 33.0. The molecule has 4 nitrogen and oxygen atoms in total. The fourth-order valence-electron chi connectivity index (χ4n) is 7.77. The van der Waals surface area contributed by atoms with Crippen molar-refractivity contribution in [1.82, 2.24) is 14.5 Å². The van der Waals surface area contributed by atoms with E-state index in [1.54, 1.807) is 6.33 Å². The summed E-state index contributed by atoms with van der Waals surface area (Å²) in [4.78, 5) is 11.3. The minimum atomic E-state index is 0.955. The zero-order valence-electron chi connectivity index (χ0n) is 30.6. The van der Waals surface area contributed by atoms with E-state index in [-0.39, 0.29) is 0 Å². The lowest BCUT2D eigenvalue weighted by Crippen LogP contribution is -2.09. The van der Waals surface area contributed by atoms with E-state index >= 15 is 0 Å². The Kier molecular flexibility index (Phi) is 8.47. The van der Waals surface area contributed by atoms with Gasteiger partial charge in [0.05, 0.1) is 22.7 Å². The highest BCUT2D eigenvalue weighted by atomic mass is 15.1. The molecule has 10 rings (SSSR count). The van der Waals surface area contributed by atoms with Gasteiger partial charge in [0.15, 0.2) is 0 Å². The molecule has 0 saturated carbocycles. The molecule has 0 amide bonds. The molecule has 0 aliphatic rings. The van der Waals surface area contributed by atoms with Crippen LogP contribution in [-0.2, 0) is 0 Å². The predicted octanol–water partition coefficient (Wildman–Crippen LogP) is 13.7. The van der Waals surface area contributed by atoms with Gasteiger partial charge in [0, 0.05) is 28.1 Å². The van der Waals surface area contributed by atoms with Gasteiger partial charge in [-0.2, -0.15) is 0 Å². The van der Waals surface area contributed by atoms with Gasteiger partial charge in [0.2, 0.25) is 0 Å². The molecule has 0 aliphatic carbocycles. The second kappa shape index (κ2) is 14.3. The summed E-state index contributed by atoms with van der Waals surface area (Å²) < 4.78 is 2.25. The number of rotatable bonds is 8. The first-order valence-electron chi connectivity index (χ1n) is 18.9. The summed E-state index contributed by atoms with van der Waals surface area (Å²) in [6.07, 6.45) is 3.52. The number of nitrogens with zero attached hydrogens (tertiary/aromatic N) is 4. The zero-order valence-corrected chi connectivity index (χ0v) is 30.6. The number of hydrogen-bond donors (Lipinski definition) is 0. The summed E-state index contributed by atoms with van der Waals surface area (Å²) in [5.41, 5.74) is 16.9. The SMILES string of the molecule is c1ccc(-c2ccc(-c3ccc(N(c4ccc(-c5ccccc5)cc4)c4ccc(-c5cccc(-n6c7ccccc7c7ncncc76)c5)cc4)cc3)cc2)cc1. The summed E-state index contributed by atoms with van der Waals surface area (Å²) in [6.45, 7) is 0. The predicted molar refractivity (Wildman–Crippen MR) is 233 cm³/mol. The average molecular weight is 717 g/mol. The Labute approximate surface area is 326 Å². The van der Waals surface area contributed by atoms with Gasteiger partial charge in [-0.25, -0.2) is 9.97 Å². The summed E-state index contributed by atoms with van der Waals surface area (Å²) in [7, 11) is 0. The molecule has 0 aliphatic heterocycles. The first-order valence-corrected chi connectivity index (χ1v) is 18.9. The van der Waals surface area contributed by atoms with E-state index in [9.17, 15) is 0 Å². The number of anilines is 3. The number of hydrogen-bond acceptors (Lipinski definition) is 3. The highest BCUT2D eigenvalue weighted by Gasteiger charge is 2.16. The molecule has 4 heteroatoms. The van der Waals surface area contributed by atoms with E-state index in [0.29, 0.717) is 0 Å². The molecule has 2 heterocycles. The third-order valence-corrected chi connectivity index (χ3v) is 10.6. The molecule has 0 unspecified atom stereocenters. The molecular weight excluding hydrogens is 681 g/mol. The Balaban J connectivity index is 0.995. The van der Waals surface area contributed by atoms with Crippen LogP contribution in [0.1, 0.15) is 0 Å². The maximum atomic E-state index is 4.63. The molecule has 0 saturated heterocycles. The second-order valence-electron chi connectivity index (χ2n) is 13.9. The molecule has 0 radical (unpaired) electrons. The quantitative estimate of drug-likeness (QED) is 0.157. The second-order valence-corrected chi connectivity index (χ2v) is 13.9. The average Bonchev–Trinajstić information content (AvgIpc) is 3.62. The first-order chi connectivity index (χ1) is 27.8. The van der Waals surface area contributed by atoms with Crippen molar-refractivity contribution in [3.8, 4) is 50.2 Å². The molecule has 0 spiro atoms. The van der Waals surface area contributed by atoms with Crippen LogP contribution in [0.3, 0.4) is 0 Å². The summed E-state index contributed by atoms with van der Waals surface area (Å²) in [5, 5.41) is 1.12. The van der Waals surface area contributed by atoms with Crippen molar-refractivity contribution in [2.75, 3.05) is 4.90 Å². The standard InChI is InChI=1S/C52H36N4/c1-3-10-37(11-4-1)39-18-20-40(21-19-39)42-24-30-46(31-25-42)55(45-28-22-41(23-29-45)38-12-5-2-6-13-38)47-32-26-43(27-33-47)44-14-9-15-48(34-44)56-50-17-8-7-16-49(50)52-51(56)35-53-36-54-52/h1-36H. The largest absolute Gasteiger partial charge is 0.311 e. The van der Waals surface area contributed by atoms with Crippen LogP contribution in [-0.4, -0.2) is 14.5 Å². The van der Waals surface area contributed by atoms with E-state index in [1.807, 2.05) is 6.20 Å². The normalized spacial score (nSPS) is 11.2. The van der Waals surface area contributed by atoms with Crippen LogP contribution in [0.25, 0.3) is 72.1 Å². The molecule has 0 fully saturated rings. The van der Waals surface area contributed by atoms with Crippen LogP contribution in [0.4, 0.5) is 17.1 Å². The van der Waals surface area contributed by atoms with Gasteiger partial charge in [-0.3, -0.25) is 0 Å². The van der Waals surface area contributed by atoms with Gasteiger partial charge < -0.3 is 9.47 Å². The van der Waals surface area contributed by atoms with Crippen molar-refractivity contribution in [3.63, 3.8) is 0 Å². The smallest absolute Gasteiger partial charge is 0.116 e. The lowest BCUT2D eigenvalue weighted by molar-refractivity contribution is 1.14. The number of para-hydroxylation sites is 1. The van der Waals surface area contributed by atoms with Crippen LogP contribution < -0.4 is 4.90 Å². The molecule has 0 N–H and O–H groups in total. The van der Waals surface area contributed by atoms with Crippen molar-refractivity contribution >= 4 is 39.0 Å². The third-order valence-electron chi connectivity index (χ3n) is 10.6. The lowest BCUT2D eigenvalue weighted by atomic mass is 10.00. The molecule has 8 aromatic carbocycles. The van der Waals surface area contributed by atoms with Gasteiger partial charge in [-0.15, -0.1) is 0 Å². The van der Waals surface area contributed by atoms with E-state index in [4.69, 9.17) is 0 Å². The van der Waals surface area contributed by atoms with Gasteiger partial charge in [-0.1, -0.05) is 152 Å². The fourth-order valence-corrected chi connectivity index (χ4v) is 7.77. The molecule has 0 bridgehead atoms. The third kappa shape index (κ3) is 6.19. The molecule has 10 aromatic rings. The maximum absolute atomic E-state index is 4.63.